The van der Waals surface area contributed by atoms with E-state index in [0.717, 1.165) is 19.3 Å². The number of rotatable bonds is 10. The number of halogens is 1. The van der Waals surface area contributed by atoms with E-state index in [9.17, 15) is 14.0 Å². The van der Waals surface area contributed by atoms with Gasteiger partial charge in [0.05, 0.1) is 0 Å². The molecule has 0 heterocycles. The molecule has 0 saturated carbocycles. The number of unbranched alkanes of at least 4 members (excludes halogenated alkanes) is 1. The van der Waals surface area contributed by atoms with Gasteiger partial charge >= 0.3 is 0 Å². The van der Waals surface area contributed by atoms with Crippen molar-refractivity contribution < 1.29 is 14.0 Å². The molecule has 0 radical (unpaired) electrons. The number of hydrogen-bond acceptors (Lipinski definition) is 2. The number of Topliss-reactive ketones (excluding diaryl/α,β-unsaturated/α-hetero) is 1. The lowest BCUT2D eigenvalue weighted by atomic mass is 10.1. The van der Waals surface area contributed by atoms with Gasteiger partial charge in [-0.25, -0.2) is 4.39 Å². The van der Waals surface area contributed by atoms with Crippen molar-refractivity contribution in [2.24, 2.45) is 0 Å². The summed E-state index contributed by atoms with van der Waals surface area (Å²) in [6.07, 6.45) is 4.13. The van der Waals surface area contributed by atoms with Crippen LogP contribution in [0.1, 0.15) is 53.6 Å². The molecule has 1 N–H and O–H groups in total. The molecular formula is C22H26FNO2. The highest BCUT2D eigenvalue weighted by Crippen LogP contribution is 2.09. The lowest BCUT2D eigenvalue weighted by Crippen LogP contribution is -2.24. The first-order valence-electron chi connectivity index (χ1n) is 9.15. The van der Waals surface area contributed by atoms with Gasteiger partial charge in [-0.2, -0.15) is 0 Å². The Hall–Kier alpha value is -2.49. The molecule has 1 amide bonds. The lowest BCUT2D eigenvalue weighted by Gasteiger charge is -2.06. The summed E-state index contributed by atoms with van der Waals surface area (Å²) in [5.41, 5.74) is 3.07. The van der Waals surface area contributed by atoms with E-state index in [1.54, 1.807) is 0 Å². The zero-order chi connectivity index (χ0) is 18.8. The molecule has 0 fully saturated rings. The highest BCUT2D eigenvalue weighted by molar-refractivity contribution is 5.96. The van der Waals surface area contributed by atoms with Crippen molar-refractivity contribution in [2.75, 3.05) is 6.54 Å². The maximum atomic E-state index is 12.8. The van der Waals surface area contributed by atoms with Crippen LogP contribution >= 0.6 is 0 Å². The van der Waals surface area contributed by atoms with Gasteiger partial charge in [0.25, 0.3) is 0 Å². The Kier molecular flexibility index (Phi) is 8.00. The minimum Gasteiger partial charge on any atom is -0.356 e. The molecule has 0 aliphatic heterocycles. The Morgan fingerprint density at radius 1 is 0.885 bits per heavy atom. The van der Waals surface area contributed by atoms with Crippen LogP contribution < -0.4 is 5.32 Å². The predicted molar refractivity (Wildman–Crippen MR) is 102 cm³/mol. The summed E-state index contributed by atoms with van der Waals surface area (Å²) in [7, 11) is 0. The van der Waals surface area contributed by atoms with Crippen molar-refractivity contribution in [1.82, 2.24) is 5.32 Å². The molecule has 138 valence electrons. The van der Waals surface area contributed by atoms with Gasteiger partial charge in [0.15, 0.2) is 5.78 Å². The molecule has 0 aliphatic carbocycles. The molecule has 0 spiro atoms. The van der Waals surface area contributed by atoms with Gasteiger partial charge < -0.3 is 5.32 Å². The molecule has 0 unspecified atom stereocenters. The van der Waals surface area contributed by atoms with Crippen LogP contribution in [0.25, 0.3) is 0 Å². The molecule has 26 heavy (non-hydrogen) atoms. The number of ketones is 1. The summed E-state index contributed by atoms with van der Waals surface area (Å²) in [5, 5.41) is 2.90. The van der Waals surface area contributed by atoms with Crippen LogP contribution in [0.5, 0.6) is 0 Å². The second-order valence-electron chi connectivity index (χ2n) is 6.58. The molecule has 3 nitrogen and oxygen atoms in total. The SMILES string of the molecule is Cc1ccc(CCCCNC(=O)CCCC(=O)c2ccc(F)cc2)cc1. The van der Waals surface area contributed by atoms with E-state index in [1.807, 2.05) is 0 Å². The number of amides is 1. The summed E-state index contributed by atoms with van der Waals surface area (Å²) < 4.78 is 12.8. The molecule has 0 aliphatic rings. The van der Waals surface area contributed by atoms with Crippen molar-refractivity contribution in [1.29, 1.82) is 0 Å². The van der Waals surface area contributed by atoms with Crippen molar-refractivity contribution in [3.8, 4) is 0 Å². The molecule has 0 saturated heterocycles. The largest absolute Gasteiger partial charge is 0.356 e. The van der Waals surface area contributed by atoms with Crippen LogP contribution in [0.15, 0.2) is 48.5 Å². The van der Waals surface area contributed by atoms with Gasteiger partial charge in [0.2, 0.25) is 5.91 Å². The quantitative estimate of drug-likeness (QED) is 0.499. The molecule has 2 rings (SSSR count). The third-order valence-corrected chi connectivity index (χ3v) is 4.31. The summed E-state index contributed by atoms with van der Waals surface area (Å²) >= 11 is 0. The first kappa shape index (κ1) is 19.8. The van der Waals surface area contributed by atoms with Gasteiger partial charge in [-0.05, 0) is 62.4 Å². The zero-order valence-electron chi connectivity index (χ0n) is 15.3. The Morgan fingerprint density at radius 3 is 2.27 bits per heavy atom. The number of carbonyl (C=O) groups is 2. The minimum absolute atomic E-state index is 0.0211. The average Bonchev–Trinajstić information content (AvgIpc) is 2.63. The Balaban J connectivity index is 1.54. The first-order chi connectivity index (χ1) is 12.5. The molecule has 0 aromatic heterocycles. The lowest BCUT2D eigenvalue weighted by molar-refractivity contribution is -0.121. The first-order valence-corrected chi connectivity index (χ1v) is 9.15. The van der Waals surface area contributed by atoms with E-state index in [0.29, 0.717) is 31.4 Å². The maximum absolute atomic E-state index is 12.8. The second-order valence-corrected chi connectivity index (χ2v) is 6.58. The van der Waals surface area contributed by atoms with Gasteiger partial charge in [-0.15, -0.1) is 0 Å². The Bertz CT molecular complexity index is 708. The highest BCUT2D eigenvalue weighted by Gasteiger charge is 2.07. The van der Waals surface area contributed by atoms with E-state index in [1.165, 1.54) is 35.4 Å². The monoisotopic (exact) mass is 355 g/mol. The second kappa shape index (κ2) is 10.5. The number of benzene rings is 2. The summed E-state index contributed by atoms with van der Waals surface area (Å²) in [6.45, 7) is 2.74. The van der Waals surface area contributed by atoms with Crippen molar-refractivity contribution in [2.45, 2.75) is 45.4 Å². The van der Waals surface area contributed by atoms with E-state index < -0.39 is 0 Å². The minimum atomic E-state index is -0.358. The molecule has 4 heteroatoms. The maximum Gasteiger partial charge on any atom is 0.220 e. The fourth-order valence-corrected chi connectivity index (χ4v) is 2.71. The summed E-state index contributed by atoms with van der Waals surface area (Å²) in [5.74, 6) is -0.438. The summed E-state index contributed by atoms with van der Waals surface area (Å²) in [6, 6.07) is 14.0. The Morgan fingerprint density at radius 2 is 1.58 bits per heavy atom. The smallest absolute Gasteiger partial charge is 0.220 e. The highest BCUT2D eigenvalue weighted by atomic mass is 19.1. The van der Waals surface area contributed by atoms with Crippen LogP contribution in [0.2, 0.25) is 0 Å². The fraction of sp³-hybridized carbons (Fsp3) is 0.364. The van der Waals surface area contributed by atoms with Crippen molar-refractivity contribution in [3.63, 3.8) is 0 Å². The van der Waals surface area contributed by atoms with Gasteiger partial charge in [0.1, 0.15) is 5.82 Å². The third kappa shape index (κ3) is 7.18. The number of aryl methyl sites for hydroxylation is 2. The van der Waals surface area contributed by atoms with Crippen molar-refractivity contribution >= 4 is 11.7 Å². The van der Waals surface area contributed by atoms with Crippen LogP contribution in [0, 0.1) is 12.7 Å². The molecule has 0 atom stereocenters. The molecule has 2 aromatic rings. The number of hydrogen-bond donors (Lipinski definition) is 1. The predicted octanol–water partition coefficient (Wildman–Crippen LogP) is 4.63. The Labute approximate surface area is 154 Å². The number of carbonyl (C=O) groups excluding carboxylic acids is 2. The van der Waals surface area contributed by atoms with E-state index in [4.69, 9.17) is 0 Å². The third-order valence-electron chi connectivity index (χ3n) is 4.31. The van der Waals surface area contributed by atoms with E-state index in [-0.39, 0.29) is 17.5 Å². The van der Waals surface area contributed by atoms with Crippen LogP contribution in [-0.4, -0.2) is 18.2 Å². The van der Waals surface area contributed by atoms with E-state index in [2.05, 4.69) is 36.5 Å². The van der Waals surface area contributed by atoms with Crippen LogP contribution in [-0.2, 0) is 11.2 Å². The zero-order valence-corrected chi connectivity index (χ0v) is 15.3. The van der Waals surface area contributed by atoms with Gasteiger partial charge in [-0.3, -0.25) is 9.59 Å². The molecule has 0 bridgehead atoms. The van der Waals surface area contributed by atoms with Crippen LogP contribution in [0.4, 0.5) is 4.39 Å². The van der Waals surface area contributed by atoms with Gasteiger partial charge in [-0.1, -0.05) is 29.8 Å². The van der Waals surface area contributed by atoms with Crippen LogP contribution in [0.3, 0.4) is 0 Å². The topological polar surface area (TPSA) is 46.2 Å². The molecule has 2 aromatic carbocycles. The van der Waals surface area contributed by atoms with Crippen molar-refractivity contribution in [3.05, 3.63) is 71.0 Å². The number of nitrogens with one attached hydrogen (secondary N) is 1. The van der Waals surface area contributed by atoms with E-state index >= 15 is 0 Å². The summed E-state index contributed by atoms with van der Waals surface area (Å²) in [4.78, 5) is 23.7. The fourth-order valence-electron chi connectivity index (χ4n) is 2.71. The standard InChI is InChI=1S/C22H26FNO2/c1-17-8-10-18(11-9-17)5-2-3-16-24-22(26)7-4-6-21(25)19-12-14-20(23)15-13-19/h8-15H,2-7,16H2,1H3,(H,24,26). The normalized spacial score (nSPS) is 10.5. The van der Waals surface area contributed by atoms with Gasteiger partial charge in [0, 0.05) is 24.9 Å². The molecular weight excluding hydrogens is 329 g/mol. The average molecular weight is 355 g/mol.